The second kappa shape index (κ2) is 8.83. The van der Waals surface area contributed by atoms with Crippen LogP contribution in [-0.4, -0.2) is 19.9 Å². The monoisotopic (exact) mass is 501 g/mol. The Balaban J connectivity index is 0.000000130. The summed E-state index contributed by atoms with van der Waals surface area (Å²) in [6.07, 6.45) is 7.33. The summed E-state index contributed by atoms with van der Waals surface area (Å²) in [5.74, 6) is 0. The summed E-state index contributed by atoms with van der Waals surface area (Å²) in [5, 5.41) is 2.33. The van der Waals surface area contributed by atoms with Crippen molar-refractivity contribution in [2.45, 2.75) is 0 Å². The van der Waals surface area contributed by atoms with Gasteiger partial charge in [0.15, 0.2) is 0 Å². The van der Waals surface area contributed by atoms with Crippen molar-refractivity contribution in [2.24, 2.45) is 0 Å². The fourth-order valence-electron chi connectivity index (χ4n) is 1.77. The summed E-state index contributed by atoms with van der Waals surface area (Å²) < 4.78 is 0. The molecule has 112 valence electrons. The van der Waals surface area contributed by atoms with Crippen LogP contribution in [0.1, 0.15) is 0 Å². The van der Waals surface area contributed by atoms with Gasteiger partial charge in [0.05, 0.1) is 0 Å². The molecule has 0 saturated heterocycles. The number of halogens is 2. The standard InChI is InChI=1S/2C7H6N2.2ClH.Pt/c2*1-2-6-3-5-9-7(6)8-4-1;;;/h2*1-5H,(H,8,9);2*1H;/q;;;;+2/p-2. The number of H-pyrrole nitrogens is 2. The molecule has 0 atom stereocenters. The molecule has 0 aliphatic rings. The van der Waals surface area contributed by atoms with E-state index in [9.17, 15) is 0 Å². The Morgan fingerprint density at radius 1 is 0.762 bits per heavy atom. The number of rotatable bonds is 0. The van der Waals surface area contributed by atoms with E-state index in [0.29, 0.717) is 0 Å². The van der Waals surface area contributed by atoms with Crippen LogP contribution in [0.2, 0.25) is 0 Å². The van der Waals surface area contributed by atoms with Crippen molar-refractivity contribution in [3.8, 4) is 0 Å². The third kappa shape index (κ3) is 4.85. The molecular weight excluding hydrogens is 490 g/mol. The maximum Gasteiger partial charge on any atom is 0.137 e. The molecule has 21 heavy (non-hydrogen) atoms. The van der Waals surface area contributed by atoms with Gasteiger partial charge in [-0.2, -0.15) is 0 Å². The second-order valence-electron chi connectivity index (χ2n) is 3.88. The van der Waals surface area contributed by atoms with Gasteiger partial charge in [-0.25, -0.2) is 9.97 Å². The van der Waals surface area contributed by atoms with Crippen LogP contribution in [-0.2, 0) is 16.5 Å². The number of nitrogens with one attached hydrogen (secondary N) is 2. The third-order valence-electron chi connectivity index (χ3n) is 2.64. The number of hydrogen-bond donors (Lipinski definition) is 2. The zero-order chi connectivity index (χ0) is 14.9. The van der Waals surface area contributed by atoms with E-state index < -0.39 is 16.5 Å². The summed E-state index contributed by atoms with van der Waals surface area (Å²) in [6, 6.07) is 11.9. The molecule has 4 aromatic heterocycles. The van der Waals surface area contributed by atoms with E-state index in [2.05, 4.69) is 19.9 Å². The first-order valence-corrected chi connectivity index (χ1v) is 11.6. The molecule has 0 bridgehead atoms. The average molecular weight is 502 g/mol. The molecule has 0 aromatic carbocycles. The van der Waals surface area contributed by atoms with Gasteiger partial charge in [-0.05, 0) is 36.4 Å². The van der Waals surface area contributed by atoms with E-state index in [1.165, 1.54) is 0 Å². The van der Waals surface area contributed by atoms with E-state index in [-0.39, 0.29) is 0 Å². The first kappa shape index (κ1) is 16.0. The predicted octanol–water partition coefficient (Wildman–Crippen LogP) is 4.50. The fraction of sp³-hybridized carbons (Fsp3) is 0. The number of aromatic amines is 2. The van der Waals surface area contributed by atoms with Crippen LogP contribution in [0.3, 0.4) is 0 Å². The minimum atomic E-state index is -0.472. The fourth-order valence-corrected chi connectivity index (χ4v) is 1.77. The molecule has 0 radical (unpaired) electrons. The molecule has 0 amide bonds. The van der Waals surface area contributed by atoms with Crippen molar-refractivity contribution in [1.29, 1.82) is 0 Å². The van der Waals surface area contributed by atoms with Crippen LogP contribution in [0.5, 0.6) is 0 Å². The Bertz CT molecular complexity index is 658. The number of pyridine rings is 2. The van der Waals surface area contributed by atoms with Crippen molar-refractivity contribution in [1.82, 2.24) is 19.9 Å². The average Bonchev–Trinajstić information content (AvgIpc) is 3.17. The summed E-state index contributed by atoms with van der Waals surface area (Å²) in [7, 11) is 9.75. The maximum atomic E-state index is 4.88. The van der Waals surface area contributed by atoms with Crippen LogP contribution in [0, 0.1) is 0 Å². The molecule has 0 spiro atoms. The topological polar surface area (TPSA) is 57.4 Å². The Morgan fingerprint density at radius 2 is 1.19 bits per heavy atom. The maximum absolute atomic E-state index is 4.88. The van der Waals surface area contributed by atoms with Gasteiger partial charge in [0.2, 0.25) is 0 Å². The number of hydrogen-bond acceptors (Lipinski definition) is 2. The smallest absolute Gasteiger partial charge is 0.137 e. The first-order chi connectivity index (χ1) is 10.3. The van der Waals surface area contributed by atoms with Crippen molar-refractivity contribution >= 4 is 40.9 Å². The summed E-state index contributed by atoms with van der Waals surface area (Å²) in [6.45, 7) is 0. The normalized spacial score (nSPS) is 9.81. The van der Waals surface area contributed by atoms with Gasteiger partial charge >= 0.3 is 35.3 Å². The van der Waals surface area contributed by atoms with E-state index in [1.807, 2.05) is 48.8 Å². The molecule has 0 aliphatic carbocycles. The number of fused-ring (bicyclic) bond motifs is 2. The van der Waals surface area contributed by atoms with Crippen molar-refractivity contribution < 1.29 is 16.5 Å². The molecular formula is C14H12Cl2N4Pt. The molecule has 7 heteroatoms. The molecule has 0 fully saturated rings. The van der Waals surface area contributed by atoms with Gasteiger partial charge < -0.3 is 9.97 Å². The molecule has 4 rings (SSSR count). The van der Waals surface area contributed by atoms with Gasteiger partial charge in [-0.3, -0.25) is 0 Å². The van der Waals surface area contributed by atoms with Gasteiger partial charge in [0.25, 0.3) is 0 Å². The summed E-state index contributed by atoms with van der Waals surface area (Å²) in [5.41, 5.74) is 1.91. The zero-order valence-corrected chi connectivity index (χ0v) is 14.5. The van der Waals surface area contributed by atoms with Crippen LogP contribution in [0.15, 0.2) is 61.2 Å². The minimum Gasteiger partial charge on any atom is -0.346 e. The van der Waals surface area contributed by atoms with Crippen molar-refractivity contribution in [2.75, 3.05) is 0 Å². The SMILES string of the molecule is [Cl][Pt][Cl].c1cnc2[nH]ccc2c1.c1cnc2[nH]ccc2c1. The quantitative estimate of drug-likeness (QED) is 0.372. The Hall–Kier alpha value is -1.35. The van der Waals surface area contributed by atoms with Crippen molar-refractivity contribution in [3.05, 3.63) is 61.2 Å². The summed E-state index contributed by atoms with van der Waals surface area (Å²) in [4.78, 5) is 14.2. The Labute approximate surface area is 138 Å². The molecule has 2 N–H and O–H groups in total. The molecule has 4 aromatic rings. The van der Waals surface area contributed by atoms with Gasteiger partial charge in [-0.1, -0.05) is 0 Å². The van der Waals surface area contributed by atoms with Crippen LogP contribution >= 0.6 is 18.8 Å². The zero-order valence-electron chi connectivity index (χ0n) is 10.7. The molecule has 4 nitrogen and oxygen atoms in total. The van der Waals surface area contributed by atoms with E-state index >= 15 is 0 Å². The molecule has 0 saturated carbocycles. The molecule has 0 aliphatic heterocycles. The number of aromatic nitrogens is 4. The van der Waals surface area contributed by atoms with E-state index in [1.54, 1.807) is 12.4 Å². The number of nitrogens with zero attached hydrogens (tertiary/aromatic N) is 2. The van der Waals surface area contributed by atoms with Gasteiger partial charge in [-0.15, -0.1) is 0 Å². The largest absolute Gasteiger partial charge is 0.346 e. The third-order valence-corrected chi connectivity index (χ3v) is 2.64. The van der Waals surface area contributed by atoms with Crippen LogP contribution < -0.4 is 0 Å². The van der Waals surface area contributed by atoms with E-state index in [4.69, 9.17) is 18.8 Å². The molecule has 4 heterocycles. The Kier molecular flexibility index (Phi) is 6.74. The Morgan fingerprint density at radius 3 is 1.57 bits per heavy atom. The van der Waals surface area contributed by atoms with Gasteiger partial charge in [0.1, 0.15) is 11.3 Å². The van der Waals surface area contributed by atoms with Crippen LogP contribution in [0.25, 0.3) is 22.1 Å². The first-order valence-electron chi connectivity index (χ1n) is 5.93. The summed E-state index contributed by atoms with van der Waals surface area (Å²) >= 11 is -0.472. The van der Waals surface area contributed by atoms with E-state index in [0.717, 1.165) is 22.1 Å². The van der Waals surface area contributed by atoms with Crippen LogP contribution in [0.4, 0.5) is 0 Å². The van der Waals surface area contributed by atoms with Gasteiger partial charge in [0, 0.05) is 35.6 Å². The molecule has 0 unspecified atom stereocenters. The minimum absolute atomic E-state index is 0.472. The van der Waals surface area contributed by atoms with Crippen molar-refractivity contribution in [3.63, 3.8) is 0 Å². The predicted molar refractivity (Wildman–Crippen MR) is 83.9 cm³/mol. The second-order valence-corrected chi connectivity index (χ2v) is 7.17.